The maximum absolute atomic E-state index is 12.3. The van der Waals surface area contributed by atoms with Crippen LogP contribution in [0.1, 0.15) is 45.1 Å². The number of hydrogen-bond acceptors (Lipinski definition) is 5. The van der Waals surface area contributed by atoms with Crippen LogP contribution in [0.25, 0.3) is 0 Å². The highest BCUT2D eigenvalue weighted by Crippen LogP contribution is 2.47. The van der Waals surface area contributed by atoms with Crippen LogP contribution >= 0.6 is 0 Å². The Labute approximate surface area is 161 Å². The van der Waals surface area contributed by atoms with Crippen LogP contribution in [0.4, 0.5) is 0 Å². The second kappa shape index (κ2) is 7.68. The zero-order valence-electron chi connectivity index (χ0n) is 16.6. The summed E-state index contributed by atoms with van der Waals surface area (Å²) in [5, 5.41) is 20.2. The lowest BCUT2D eigenvalue weighted by Gasteiger charge is -2.34. The van der Waals surface area contributed by atoms with Gasteiger partial charge >= 0.3 is 0 Å². The van der Waals surface area contributed by atoms with E-state index >= 15 is 0 Å². The molecule has 6 heteroatoms. The van der Waals surface area contributed by atoms with Crippen molar-refractivity contribution in [3.63, 3.8) is 0 Å². The van der Waals surface area contributed by atoms with E-state index in [2.05, 4.69) is 0 Å². The van der Waals surface area contributed by atoms with Gasteiger partial charge in [-0.2, -0.15) is 0 Å². The van der Waals surface area contributed by atoms with Gasteiger partial charge in [-0.3, -0.25) is 4.79 Å². The Morgan fingerprint density at radius 2 is 2.00 bits per heavy atom. The third-order valence-corrected chi connectivity index (χ3v) is 6.12. The second-order valence-corrected chi connectivity index (χ2v) is 8.29. The Hall–Kier alpha value is -1.79. The van der Waals surface area contributed by atoms with Crippen LogP contribution in [-0.4, -0.2) is 60.0 Å². The van der Waals surface area contributed by atoms with Crippen molar-refractivity contribution >= 4 is 5.91 Å². The topological polar surface area (TPSA) is 79.2 Å². The van der Waals surface area contributed by atoms with Crippen molar-refractivity contribution in [3.8, 4) is 11.5 Å². The van der Waals surface area contributed by atoms with Crippen molar-refractivity contribution in [2.24, 2.45) is 11.3 Å². The summed E-state index contributed by atoms with van der Waals surface area (Å²) >= 11 is 0. The van der Waals surface area contributed by atoms with E-state index in [0.717, 1.165) is 5.56 Å². The number of rotatable bonds is 7. The number of aliphatic hydroxyl groups excluding tert-OH is 2. The molecular weight excluding hydrogens is 346 g/mol. The summed E-state index contributed by atoms with van der Waals surface area (Å²) in [4.78, 5) is 14.0. The molecule has 6 nitrogen and oxygen atoms in total. The Morgan fingerprint density at radius 3 is 2.56 bits per heavy atom. The van der Waals surface area contributed by atoms with Gasteiger partial charge in [0.15, 0.2) is 11.5 Å². The van der Waals surface area contributed by atoms with E-state index in [1.165, 1.54) is 19.8 Å². The van der Waals surface area contributed by atoms with Crippen molar-refractivity contribution in [1.82, 2.24) is 4.90 Å². The predicted octanol–water partition coefficient (Wildman–Crippen LogP) is 2.18. The molecule has 1 aromatic carbocycles. The normalized spacial score (nSPS) is 27.3. The summed E-state index contributed by atoms with van der Waals surface area (Å²) in [6.45, 7) is 6.78. The standard InChI is InChI=1S/C21H31NO5/c1-13(23)20(25)22-10-17(21(3,12-22)14(2)24)16-7-8-18(26-4)19(9-16)27-11-15-5-6-15/h7-9,13-15,17,23-24H,5-6,10-12H2,1-4H3. The van der Waals surface area contributed by atoms with Crippen LogP contribution in [0.15, 0.2) is 18.2 Å². The van der Waals surface area contributed by atoms with Crippen molar-refractivity contribution < 1.29 is 24.5 Å². The Balaban J connectivity index is 1.89. The van der Waals surface area contributed by atoms with Crippen LogP contribution in [0.2, 0.25) is 0 Å². The molecule has 1 saturated carbocycles. The highest BCUT2D eigenvalue weighted by Gasteiger charge is 2.48. The maximum atomic E-state index is 12.3. The number of methoxy groups -OCH3 is 1. The van der Waals surface area contributed by atoms with Crippen LogP contribution in [0.3, 0.4) is 0 Å². The van der Waals surface area contributed by atoms with Gasteiger partial charge in [0.2, 0.25) is 0 Å². The van der Waals surface area contributed by atoms with Gasteiger partial charge in [-0.25, -0.2) is 0 Å². The van der Waals surface area contributed by atoms with Crippen molar-refractivity contribution in [3.05, 3.63) is 23.8 Å². The van der Waals surface area contributed by atoms with E-state index in [0.29, 0.717) is 37.1 Å². The molecule has 1 aromatic rings. The fourth-order valence-electron chi connectivity index (χ4n) is 3.87. The summed E-state index contributed by atoms with van der Waals surface area (Å²) in [5.74, 6) is 1.66. The number of aliphatic hydroxyl groups is 2. The third-order valence-electron chi connectivity index (χ3n) is 6.12. The number of amides is 1. The first-order valence-corrected chi connectivity index (χ1v) is 9.72. The van der Waals surface area contributed by atoms with Gasteiger partial charge in [0.05, 0.1) is 19.8 Å². The lowest BCUT2D eigenvalue weighted by molar-refractivity contribution is -0.138. The van der Waals surface area contributed by atoms with Gasteiger partial charge in [0, 0.05) is 24.4 Å². The largest absolute Gasteiger partial charge is 0.493 e. The van der Waals surface area contributed by atoms with Crippen molar-refractivity contribution in [2.75, 3.05) is 26.8 Å². The Kier molecular flexibility index (Phi) is 5.68. The van der Waals surface area contributed by atoms with Crippen LogP contribution in [0.5, 0.6) is 11.5 Å². The lowest BCUT2D eigenvalue weighted by atomic mass is 9.72. The molecule has 0 aromatic heterocycles. The second-order valence-electron chi connectivity index (χ2n) is 8.29. The molecule has 2 fully saturated rings. The molecule has 4 atom stereocenters. The zero-order valence-corrected chi connectivity index (χ0v) is 16.6. The van der Waals surface area contributed by atoms with Crippen molar-refractivity contribution in [1.29, 1.82) is 0 Å². The molecule has 1 saturated heterocycles. The molecule has 0 bridgehead atoms. The summed E-state index contributed by atoms with van der Waals surface area (Å²) in [5.41, 5.74) is 0.498. The van der Waals surface area contributed by atoms with Gasteiger partial charge in [0.25, 0.3) is 5.91 Å². The fraction of sp³-hybridized carbons (Fsp3) is 0.667. The molecule has 1 heterocycles. The average Bonchev–Trinajstić information content (AvgIpc) is 3.40. The number of carbonyl (C=O) groups excluding carboxylic acids is 1. The minimum absolute atomic E-state index is 0.0608. The van der Waals surface area contributed by atoms with Crippen LogP contribution in [0, 0.1) is 11.3 Å². The van der Waals surface area contributed by atoms with Gasteiger partial charge in [-0.05, 0) is 50.3 Å². The molecule has 1 aliphatic heterocycles. The molecule has 1 amide bonds. The summed E-state index contributed by atoms with van der Waals surface area (Å²) in [6, 6.07) is 5.84. The monoisotopic (exact) mass is 377 g/mol. The van der Waals surface area contributed by atoms with E-state index in [1.54, 1.807) is 18.9 Å². The molecule has 27 heavy (non-hydrogen) atoms. The highest BCUT2D eigenvalue weighted by atomic mass is 16.5. The molecule has 0 spiro atoms. The quantitative estimate of drug-likeness (QED) is 0.761. The summed E-state index contributed by atoms with van der Waals surface area (Å²) in [6.07, 6.45) is 0.769. The SMILES string of the molecule is COc1ccc(C2CN(C(=O)C(C)O)CC2(C)C(C)O)cc1OCC1CC1. The number of likely N-dealkylation sites (tertiary alicyclic amines) is 1. The van der Waals surface area contributed by atoms with Crippen LogP contribution < -0.4 is 9.47 Å². The van der Waals surface area contributed by atoms with Crippen LogP contribution in [-0.2, 0) is 4.79 Å². The third kappa shape index (κ3) is 4.06. The molecular formula is C21H31NO5. The maximum Gasteiger partial charge on any atom is 0.251 e. The summed E-state index contributed by atoms with van der Waals surface area (Å²) < 4.78 is 11.4. The minimum Gasteiger partial charge on any atom is -0.493 e. The zero-order chi connectivity index (χ0) is 19.8. The fourth-order valence-corrected chi connectivity index (χ4v) is 3.87. The lowest BCUT2D eigenvalue weighted by Crippen LogP contribution is -2.40. The van der Waals surface area contributed by atoms with E-state index < -0.39 is 17.6 Å². The number of carbonyl (C=O) groups is 1. The van der Waals surface area contributed by atoms with E-state index in [4.69, 9.17) is 9.47 Å². The van der Waals surface area contributed by atoms with Gasteiger partial charge in [-0.15, -0.1) is 0 Å². The first-order valence-electron chi connectivity index (χ1n) is 9.72. The number of benzene rings is 1. The van der Waals surface area contributed by atoms with E-state index in [-0.39, 0.29) is 11.8 Å². The minimum atomic E-state index is -1.05. The first-order chi connectivity index (χ1) is 12.8. The summed E-state index contributed by atoms with van der Waals surface area (Å²) in [7, 11) is 1.62. The molecule has 4 unspecified atom stereocenters. The van der Waals surface area contributed by atoms with Gasteiger partial charge in [0.1, 0.15) is 6.10 Å². The molecule has 2 N–H and O–H groups in total. The molecule has 3 rings (SSSR count). The van der Waals surface area contributed by atoms with E-state index in [1.807, 2.05) is 25.1 Å². The molecule has 2 aliphatic rings. The van der Waals surface area contributed by atoms with Gasteiger partial charge < -0.3 is 24.6 Å². The Bertz CT molecular complexity index is 685. The van der Waals surface area contributed by atoms with E-state index in [9.17, 15) is 15.0 Å². The number of hydrogen-bond donors (Lipinski definition) is 2. The van der Waals surface area contributed by atoms with Gasteiger partial charge in [-0.1, -0.05) is 13.0 Å². The molecule has 1 aliphatic carbocycles. The first kappa shape index (κ1) is 20.0. The number of ether oxygens (including phenoxy) is 2. The van der Waals surface area contributed by atoms with Crippen molar-refractivity contribution in [2.45, 2.75) is 51.7 Å². The highest BCUT2D eigenvalue weighted by molar-refractivity contribution is 5.80. The number of nitrogens with zero attached hydrogens (tertiary/aromatic N) is 1. The molecule has 0 radical (unpaired) electrons. The average molecular weight is 377 g/mol. The predicted molar refractivity (Wildman–Crippen MR) is 102 cm³/mol. The smallest absolute Gasteiger partial charge is 0.251 e. The Morgan fingerprint density at radius 1 is 1.30 bits per heavy atom. The molecule has 150 valence electrons.